The number of hydrogen-bond donors (Lipinski definition) is 2. The molecule has 2 amide bonds. The Bertz CT molecular complexity index is 1900. The number of ether oxygens (including phenoxy) is 1. The molecule has 12 heteroatoms. The van der Waals surface area contributed by atoms with Gasteiger partial charge in [-0.3, -0.25) is 9.59 Å². The number of carboxylic acid groups (broad SMARTS) is 1. The number of rotatable bonds is 14. The second-order valence-corrected chi connectivity index (χ2v) is 15.7. The van der Waals surface area contributed by atoms with E-state index in [4.69, 9.17) is 14.6 Å². The highest BCUT2D eigenvalue weighted by Crippen LogP contribution is 2.28. The number of thiophene rings is 1. The number of methoxy groups -OCH3 is 1. The molecule has 6 rings (SSSR count). The topological polar surface area (TPSA) is 99.2 Å². The number of carbonyl (C=O) groups is 3. The van der Waals surface area contributed by atoms with E-state index in [9.17, 15) is 22.8 Å². The van der Waals surface area contributed by atoms with Crippen LogP contribution in [0.15, 0.2) is 96.4 Å². The number of hydrogen-bond acceptors (Lipinski definition) is 6. The first-order chi connectivity index (χ1) is 27.5. The zero-order chi connectivity index (χ0) is 40.6. The highest BCUT2D eigenvalue weighted by Gasteiger charge is 2.38. The van der Waals surface area contributed by atoms with Crippen molar-refractivity contribution in [2.45, 2.75) is 64.1 Å². The fraction of sp³-hybridized carbons (Fsp3) is 0.400. The second kappa shape index (κ2) is 21.5. The summed E-state index contributed by atoms with van der Waals surface area (Å²) in [5, 5.41) is 12.7. The second-order valence-electron chi connectivity index (χ2n) is 14.6. The quantitative estimate of drug-likeness (QED) is 0.123. The normalized spacial score (nSPS) is 15.2. The summed E-state index contributed by atoms with van der Waals surface area (Å²) in [5.41, 5.74) is 4.80. The monoisotopic (exact) mass is 803 g/mol. The molecule has 0 saturated carbocycles. The fourth-order valence-electron chi connectivity index (χ4n) is 7.33. The first-order valence-electron chi connectivity index (χ1n) is 19.6. The molecule has 304 valence electrons. The molecule has 0 bridgehead atoms. The molecule has 0 radical (unpaired) electrons. The summed E-state index contributed by atoms with van der Waals surface area (Å²) in [6.07, 6.45) is 8.10. The Morgan fingerprint density at radius 3 is 2.18 bits per heavy atom. The summed E-state index contributed by atoms with van der Waals surface area (Å²) in [6, 6.07) is 28.3. The maximum absolute atomic E-state index is 13.6. The van der Waals surface area contributed by atoms with Crippen LogP contribution in [0.3, 0.4) is 0 Å². The number of nitrogens with zero attached hydrogens (tertiary/aromatic N) is 2. The molecular weight excluding hydrogens is 752 g/mol. The first-order valence-corrected chi connectivity index (χ1v) is 20.5. The predicted molar refractivity (Wildman–Crippen MR) is 219 cm³/mol. The van der Waals surface area contributed by atoms with Gasteiger partial charge in [-0.1, -0.05) is 67.8 Å². The van der Waals surface area contributed by atoms with E-state index in [1.54, 1.807) is 24.5 Å². The predicted octanol–water partition coefficient (Wildman–Crippen LogP) is 9.36. The third-order valence-electron chi connectivity index (χ3n) is 10.6. The highest BCUT2D eigenvalue weighted by atomic mass is 32.1. The van der Waals surface area contributed by atoms with Crippen molar-refractivity contribution in [3.63, 3.8) is 0 Å². The molecule has 4 aromatic rings. The standard InChI is InChI=1S/C43H51N3O3S.C2HF3O2/c1-49-40-16-13-35(14-17-40)15-18-42(47)46(28-23-41-12-5-29-50-41)32-36-8-3-9-37(30-36)38-10-4-11-39(31-38)43(48)45-26-21-34(22-27-45)7-2-6-33-19-24-44-25-20-33;3-2(4,5)1(6)7/h3-5,8-18,29-31,33-34,44H,2,6-7,19-28,32H2,1H3;(H,6,7)/b18-15+;. The van der Waals surface area contributed by atoms with E-state index >= 15 is 0 Å². The van der Waals surface area contributed by atoms with E-state index in [1.807, 2.05) is 59.5 Å². The molecular formula is C45H52F3N3O5S. The number of nitrogens with one attached hydrogen (secondary N) is 1. The van der Waals surface area contributed by atoms with E-state index in [0.29, 0.717) is 13.1 Å². The molecule has 1 aromatic heterocycles. The van der Waals surface area contributed by atoms with Gasteiger partial charge in [0.05, 0.1) is 7.11 Å². The average Bonchev–Trinajstić information content (AvgIpc) is 3.76. The van der Waals surface area contributed by atoms with Gasteiger partial charge in [-0.05, 0) is 127 Å². The van der Waals surface area contributed by atoms with Crippen LogP contribution in [0.2, 0.25) is 0 Å². The Labute approximate surface area is 337 Å². The van der Waals surface area contributed by atoms with Gasteiger partial charge in [-0.15, -0.1) is 11.3 Å². The molecule has 0 unspecified atom stereocenters. The smallest absolute Gasteiger partial charge is 0.490 e. The van der Waals surface area contributed by atoms with Gasteiger partial charge in [-0.2, -0.15) is 13.2 Å². The van der Waals surface area contributed by atoms with Crippen LogP contribution in [-0.4, -0.2) is 78.7 Å². The minimum Gasteiger partial charge on any atom is -0.497 e. The number of piperidine rings is 2. The number of halogens is 3. The Balaban J connectivity index is 0.000000811. The summed E-state index contributed by atoms with van der Waals surface area (Å²) in [7, 11) is 1.65. The van der Waals surface area contributed by atoms with Crippen molar-refractivity contribution in [1.29, 1.82) is 0 Å². The van der Waals surface area contributed by atoms with Gasteiger partial charge in [0.15, 0.2) is 0 Å². The van der Waals surface area contributed by atoms with Crippen molar-refractivity contribution in [3.05, 3.63) is 118 Å². The summed E-state index contributed by atoms with van der Waals surface area (Å²) in [4.78, 5) is 41.3. The zero-order valence-corrected chi connectivity index (χ0v) is 33.2. The maximum Gasteiger partial charge on any atom is 0.490 e. The van der Waals surface area contributed by atoms with Crippen molar-refractivity contribution in [2.24, 2.45) is 11.8 Å². The van der Waals surface area contributed by atoms with Crippen molar-refractivity contribution >= 4 is 35.2 Å². The SMILES string of the molecule is COc1ccc(/C=C/C(=O)N(CCc2cccs2)Cc2cccc(-c3cccc(C(=O)N4CCC(CCCC5CCNCC5)CC4)c3)c2)cc1.O=C(O)C(F)(F)F. The van der Waals surface area contributed by atoms with Gasteiger partial charge in [0, 0.05) is 42.7 Å². The minimum absolute atomic E-state index is 0.0269. The van der Waals surface area contributed by atoms with Crippen LogP contribution in [-0.2, 0) is 22.6 Å². The fourth-order valence-corrected chi connectivity index (χ4v) is 8.03. The van der Waals surface area contributed by atoms with Gasteiger partial charge in [0.1, 0.15) is 5.75 Å². The number of amides is 2. The Hall–Kier alpha value is -4.94. The molecule has 2 saturated heterocycles. The van der Waals surface area contributed by atoms with Crippen LogP contribution >= 0.6 is 11.3 Å². The van der Waals surface area contributed by atoms with Crippen LogP contribution in [0.5, 0.6) is 5.75 Å². The number of likely N-dealkylation sites (tertiary alicyclic amines) is 1. The minimum atomic E-state index is -5.08. The van der Waals surface area contributed by atoms with Crippen LogP contribution in [0, 0.1) is 11.8 Å². The zero-order valence-electron chi connectivity index (χ0n) is 32.4. The lowest BCUT2D eigenvalue weighted by Crippen LogP contribution is -2.38. The van der Waals surface area contributed by atoms with Crippen molar-refractivity contribution in [3.8, 4) is 16.9 Å². The Morgan fingerprint density at radius 1 is 0.895 bits per heavy atom. The summed E-state index contributed by atoms with van der Waals surface area (Å²) >= 11 is 1.72. The van der Waals surface area contributed by atoms with Gasteiger partial charge in [-0.25, -0.2) is 4.79 Å². The molecule has 0 atom stereocenters. The molecule has 2 aliphatic rings. The van der Waals surface area contributed by atoms with Crippen molar-refractivity contribution < 1.29 is 37.4 Å². The van der Waals surface area contributed by atoms with Gasteiger partial charge in [0.25, 0.3) is 5.91 Å². The lowest BCUT2D eigenvalue weighted by molar-refractivity contribution is -0.192. The first kappa shape index (κ1) is 43.2. The van der Waals surface area contributed by atoms with Crippen molar-refractivity contribution in [1.82, 2.24) is 15.1 Å². The number of carboxylic acids is 1. The lowest BCUT2D eigenvalue weighted by atomic mass is 9.87. The van der Waals surface area contributed by atoms with Gasteiger partial charge >= 0.3 is 12.1 Å². The molecule has 3 heterocycles. The van der Waals surface area contributed by atoms with E-state index in [-0.39, 0.29) is 11.8 Å². The molecule has 0 aliphatic carbocycles. The summed E-state index contributed by atoms with van der Waals surface area (Å²) < 4.78 is 37.0. The van der Waals surface area contributed by atoms with E-state index in [2.05, 4.69) is 52.0 Å². The Morgan fingerprint density at radius 2 is 1.54 bits per heavy atom. The molecule has 57 heavy (non-hydrogen) atoms. The van der Waals surface area contributed by atoms with Crippen LogP contribution < -0.4 is 10.1 Å². The van der Waals surface area contributed by atoms with Crippen LogP contribution in [0.4, 0.5) is 13.2 Å². The average molecular weight is 804 g/mol. The van der Waals surface area contributed by atoms with Crippen LogP contribution in [0.1, 0.15) is 71.3 Å². The maximum atomic E-state index is 13.6. The van der Waals surface area contributed by atoms with E-state index in [0.717, 1.165) is 77.8 Å². The molecule has 0 spiro atoms. The van der Waals surface area contributed by atoms with E-state index in [1.165, 1.54) is 50.1 Å². The third-order valence-corrected chi connectivity index (χ3v) is 11.6. The third kappa shape index (κ3) is 13.9. The molecule has 2 aliphatic heterocycles. The highest BCUT2D eigenvalue weighted by molar-refractivity contribution is 7.09. The molecule has 2 N–H and O–H groups in total. The number of carbonyl (C=O) groups excluding carboxylic acids is 2. The molecule has 3 aromatic carbocycles. The largest absolute Gasteiger partial charge is 0.497 e. The van der Waals surface area contributed by atoms with Crippen LogP contribution in [0.25, 0.3) is 17.2 Å². The summed E-state index contributed by atoms with van der Waals surface area (Å²) in [5.74, 6) is -0.228. The lowest BCUT2D eigenvalue weighted by Gasteiger charge is -2.32. The summed E-state index contributed by atoms with van der Waals surface area (Å²) in [6.45, 7) is 5.17. The molecule has 2 fully saturated rings. The number of aliphatic carboxylic acids is 1. The van der Waals surface area contributed by atoms with Gasteiger partial charge in [0.2, 0.25) is 5.91 Å². The Kier molecular flexibility index (Phi) is 16.3. The number of alkyl halides is 3. The molecule has 8 nitrogen and oxygen atoms in total. The van der Waals surface area contributed by atoms with E-state index < -0.39 is 12.1 Å². The van der Waals surface area contributed by atoms with Crippen molar-refractivity contribution in [2.75, 3.05) is 39.8 Å². The van der Waals surface area contributed by atoms with Gasteiger partial charge < -0.3 is 25.0 Å². The number of benzene rings is 3.